The predicted octanol–water partition coefficient (Wildman–Crippen LogP) is 0.362. The number of benzene rings is 1. The van der Waals surface area contributed by atoms with Gasteiger partial charge in [0.2, 0.25) is 0 Å². The molecule has 0 atom stereocenters. The van der Waals surface area contributed by atoms with Gasteiger partial charge in [-0.25, -0.2) is 19.1 Å². The summed E-state index contributed by atoms with van der Waals surface area (Å²) in [4.78, 5) is 33.4. The summed E-state index contributed by atoms with van der Waals surface area (Å²) in [6, 6.07) is 1.74. The van der Waals surface area contributed by atoms with Gasteiger partial charge in [0.1, 0.15) is 0 Å². The Hall–Kier alpha value is -3.23. The number of rotatable bonds is 4. The summed E-state index contributed by atoms with van der Waals surface area (Å²) in [6.07, 6.45) is 2.50. The lowest BCUT2D eigenvalue weighted by molar-refractivity contribution is 0.0695. The van der Waals surface area contributed by atoms with Crippen molar-refractivity contribution >= 4 is 17.9 Å². The zero-order valence-electron chi connectivity index (χ0n) is 9.72. The van der Waals surface area contributed by atoms with E-state index in [1.54, 1.807) is 0 Å². The molecule has 1 aromatic carbocycles. The van der Waals surface area contributed by atoms with Crippen LogP contribution < -0.4 is 0 Å². The molecule has 3 N–H and O–H groups in total. The maximum absolute atomic E-state index is 11.2. The number of aromatic carboxylic acids is 3. The van der Waals surface area contributed by atoms with Crippen molar-refractivity contribution in [1.29, 1.82) is 0 Å². The van der Waals surface area contributed by atoms with Crippen LogP contribution in [-0.2, 0) is 0 Å². The molecule has 2 aromatic rings. The lowest BCUT2D eigenvalue weighted by Gasteiger charge is -2.10. The SMILES string of the molecule is O=C(O)c1cc(C(=O)O)c(-n2ccnn2)c(C(=O)O)c1. The highest BCUT2D eigenvalue weighted by molar-refractivity contribution is 6.03. The van der Waals surface area contributed by atoms with E-state index in [0.717, 1.165) is 16.8 Å². The van der Waals surface area contributed by atoms with Crippen molar-refractivity contribution < 1.29 is 29.7 Å². The van der Waals surface area contributed by atoms with Crippen LogP contribution in [0.15, 0.2) is 24.5 Å². The predicted molar refractivity (Wildman–Crippen MR) is 62.2 cm³/mol. The molecule has 0 saturated heterocycles. The van der Waals surface area contributed by atoms with Crippen LogP contribution in [0.2, 0.25) is 0 Å². The van der Waals surface area contributed by atoms with Crippen molar-refractivity contribution in [2.45, 2.75) is 0 Å². The number of carboxylic acid groups (broad SMARTS) is 3. The van der Waals surface area contributed by atoms with Gasteiger partial charge in [0.25, 0.3) is 0 Å². The average molecular weight is 277 g/mol. The Bertz CT molecular complexity index is 672. The highest BCUT2D eigenvalue weighted by Gasteiger charge is 2.24. The summed E-state index contributed by atoms with van der Waals surface area (Å²) in [5.41, 5.74) is -1.68. The van der Waals surface area contributed by atoms with Gasteiger partial charge < -0.3 is 15.3 Å². The standard InChI is InChI=1S/C11H7N3O6/c15-9(16)5-3-6(10(17)18)8(7(4-5)11(19)20)14-2-1-12-13-14/h1-4H,(H,15,16)(H,17,18)(H,19,20). The molecule has 0 aliphatic carbocycles. The first-order valence-electron chi connectivity index (χ1n) is 5.16. The third kappa shape index (κ3) is 2.19. The van der Waals surface area contributed by atoms with E-state index in [4.69, 9.17) is 15.3 Å². The Morgan fingerprint density at radius 1 is 0.950 bits per heavy atom. The summed E-state index contributed by atoms with van der Waals surface area (Å²) in [5.74, 6) is -4.37. The lowest BCUT2D eigenvalue weighted by atomic mass is 10.0. The molecule has 0 unspecified atom stereocenters. The summed E-state index contributed by atoms with van der Waals surface area (Å²) in [6.45, 7) is 0. The van der Waals surface area contributed by atoms with Gasteiger partial charge in [-0.15, -0.1) is 5.10 Å². The van der Waals surface area contributed by atoms with Gasteiger partial charge in [0, 0.05) is 0 Å². The molecule has 102 valence electrons. The molecule has 0 radical (unpaired) electrons. The monoisotopic (exact) mass is 277 g/mol. The van der Waals surface area contributed by atoms with Gasteiger partial charge in [-0.05, 0) is 12.1 Å². The van der Waals surface area contributed by atoms with Crippen molar-refractivity contribution in [1.82, 2.24) is 15.0 Å². The van der Waals surface area contributed by atoms with E-state index in [0.29, 0.717) is 0 Å². The summed E-state index contributed by atoms with van der Waals surface area (Å²) in [5, 5.41) is 34.2. The second-order valence-corrected chi connectivity index (χ2v) is 3.68. The molecule has 0 saturated carbocycles. The Labute approximate surface area is 110 Å². The molecule has 9 nitrogen and oxygen atoms in total. The number of nitrogens with zero attached hydrogens (tertiary/aromatic N) is 3. The fraction of sp³-hybridized carbons (Fsp3) is 0. The maximum atomic E-state index is 11.2. The van der Waals surface area contributed by atoms with Crippen LogP contribution in [-0.4, -0.2) is 48.2 Å². The van der Waals surface area contributed by atoms with Gasteiger partial charge in [0.05, 0.1) is 34.8 Å². The first kappa shape index (κ1) is 13.2. The van der Waals surface area contributed by atoms with Crippen LogP contribution in [0.4, 0.5) is 0 Å². The summed E-state index contributed by atoms with van der Waals surface area (Å²) < 4.78 is 0.957. The van der Waals surface area contributed by atoms with Crippen molar-refractivity contribution in [2.24, 2.45) is 0 Å². The van der Waals surface area contributed by atoms with Crippen LogP contribution in [0, 0.1) is 0 Å². The van der Waals surface area contributed by atoms with Gasteiger partial charge in [-0.2, -0.15) is 0 Å². The molecule has 0 fully saturated rings. The van der Waals surface area contributed by atoms with Gasteiger partial charge in [-0.3, -0.25) is 0 Å². The second kappa shape index (κ2) is 4.80. The summed E-state index contributed by atoms with van der Waals surface area (Å²) in [7, 11) is 0. The van der Waals surface area contributed by atoms with Crippen LogP contribution in [0.25, 0.3) is 5.69 Å². The molecule has 0 spiro atoms. The van der Waals surface area contributed by atoms with E-state index < -0.39 is 34.6 Å². The minimum absolute atomic E-state index is 0.257. The van der Waals surface area contributed by atoms with Gasteiger partial charge in [-0.1, -0.05) is 5.21 Å². The number of carbonyl (C=O) groups is 3. The van der Waals surface area contributed by atoms with Crippen LogP contribution in [0.5, 0.6) is 0 Å². The number of hydrogen-bond donors (Lipinski definition) is 3. The third-order valence-electron chi connectivity index (χ3n) is 2.47. The van der Waals surface area contributed by atoms with E-state index in [9.17, 15) is 14.4 Å². The highest BCUT2D eigenvalue weighted by atomic mass is 16.4. The van der Waals surface area contributed by atoms with Crippen LogP contribution in [0.3, 0.4) is 0 Å². The Morgan fingerprint density at radius 2 is 1.50 bits per heavy atom. The molecule has 0 bridgehead atoms. The third-order valence-corrected chi connectivity index (χ3v) is 2.47. The van der Waals surface area contributed by atoms with Crippen molar-refractivity contribution in [3.63, 3.8) is 0 Å². The van der Waals surface area contributed by atoms with Crippen LogP contribution in [0.1, 0.15) is 31.1 Å². The first-order chi connectivity index (χ1) is 9.41. The van der Waals surface area contributed by atoms with E-state index in [-0.39, 0.29) is 5.69 Å². The Morgan fingerprint density at radius 3 is 1.85 bits per heavy atom. The van der Waals surface area contributed by atoms with Crippen molar-refractivity contribution in [3.8, 4) is 5.69 Å². The molecule has 20 heavy (non-hydrogen) atoms. The van der Waals surface area contributed by atoms with Crippen LogP contribution >= 0.6 is 0 Å². The summed E-state index contributed by atoms with van der Waals surface area (Å²) >= 11 is 0. The molecule has 2 rings (SSSR count). The normalized spacial score (nSPS) is 10.2. The minimum Gasteiger partial charge on any atom is -0.478 e. The Kier molecular flexibility index (Phi) is 3.17. The van der Waals surface area contributed by atoms with Crippen molar-refractivity contribution in [2.75, 3.05) is 0 Å². The molecule has 0 aliphatic rings. The topological polar surface area (TPSA) is 143 Å². The highest BCUT2D eigenvalue weighted by Crippen LogP contribution is 2.22. The number of aromatic nitrogens is 3. The quantitative estimate of drug-likeness (QED) is 0.726. The zero-order chi connectivity index (χ0) is 14.9. The molecular weight excluding hydrogens is 270 g/mol. The minimum atomic E-state index is -1.47. The molecule has 1 aromatic heterocycles. The van der Waals surface area contributed by atoms with E-state index in [1.165, 1.54) is 12.4 Å². The number of carboxylic acids is 3. The second-order valence-electron chi connectivity index (χ2n) is 3.68. The zero-order valence-corrected chi connectivity index (χ0v) is 9.72. The molecule has 0 amide bonds. The molecular formula is C11H7N3O6. The average Bonchev–Trinajstić information content (AvgIpc) is 2.90. The largest absolute Gasteiger partial charge is 0.478 e. The van der Waals surface area contributed by atoms with Gasteiger partial charge >= 0.3 is 17.9 Å². The fourth-order valence-corrected chi connectivity index (χ4v) is 1.66. The fourth-order valence-electron chi connectivity index (χ4n) is 1.66. The Balaban J connectivity index is 2.85. The van der Waals surface area contributed by atoms with E-state index >= 15 is 0 Å². The van der Waals surface area contributed by atoms with Gasteiger partial charge in [0.15, 0.2) is 0 Å². The molecule has 0 aliphatic heterocycles. The lowest BCUT2D eigenvalue weighted by Crippen LogP contribution is -2.15. The number of hydrogen-bond acceptors (Lipinski definition) is 5. The van der Waals surface area contributed by atoms with E-state index in [1.807, 2.05) is 0 Å². The maximum Gasteiger partial charge on any atom is 0.337 e. The first-order valence-corrected chi connectivity index (χ1v) is 5.16. The molecule has 9 heteroatoms. The smallest absolute Gasteiger partial charge is 0.337 e. The van der Waals surface area contributed by atoms with Crippen molar-refractivity contribution in [3.05, 3.63) is 41.2 Å². The molecule has 1 heterocycles. The van der Waals surface area contributed by atoms with E-state index in [2.05, 4.69) is 10.3 Å².